The number of nitrogens with one attached hydrogen (secondary N) is 1. The lowest BCUT2D eigenvalue weighted by Gasteiger charge is -2.13. The van der Waals surface area contributed by atoms with E-state index in [1.807, 2.05) is 0 Å². The zero-order chi connectivity index (χ0) is 15.6. The van der Waals surface area contributed by atoms with Gasteiger partial charge in [-0.25, -0.2) is 13.2 Å². The summed E-state index contributed by atoms with van der Waals surface area (Å²) >= 11 is 0. The fourth-order valence-corrected chi connectivity index (χ4v) is 3.94. The third-order valence-electron chi connectivity index (χ3n) is 3.43. The Morgan fingerprint density at radius 1 is 1.33 bits per heavy atom. The summed E-state index contributed by atoms with van der Waals surface area (Å²) in [5.41, 5.74) is -1.06. The average molecular weight is 314 g/mol. The Morgan fingerprint density at radius 2 is 1.95 bits per heavy atom. The molecule has 0 atom stereocenters. The minimum absolute atomic E-state index is 0.211. The predicted molar refractivity (Wildman–Crippen MR) is 74.9 cm³/mol. The molecular formula is C12H14N2O6S. The monoisotopic (exact) mass is 314 g/mol. The van der Waals surface area contributed by atoms with E-state index < -0.39 is 31.9 Å². The van der Waals surface area contributed by atoms with Crippen LogP contribution >= 0.6 is 0 Å². The largest absolute Gasteiger partial charge is 0.478 e. The van der Waals surface area contributed by atoms with Crippen molar-refractivity contribution in [1.29, 1.82) is 0 Å². The number of nitro benzene ring substituents is 1. The van der Waals surface area contributed by atoms with Crippen molar-refractivity contribution < 1.29 is 23.2 Å². The first kappa shape index (κ1) is 15.2. The minimum Gasteiger partial charge on any atom is -0.478 e. The van der Waals surface area contributed by atoms with Gasteiger partial charge in [-0.15, -0.1) is 0 Å². The van der Waals surface area contributed by atoms with Crippen LogP contribution in [0.3, 0.4) is 0 Å². The quantitative estimate of drug-likeness (QED) is 0.632. The third-order valence-corrected chi connectivity index (χ3v) is 5.29. The van der Waals surface area contributed by atoms with Crippen molar-refractivity contribution in [2.24, 2.45) is 0 Å². The Bertz CT molecular complexity index is 679. The van der Waals surface area contributed by atoms with Gasteiger partial charge in [0.15, 0.2) is 0 Å². The van der Waals surface area contributed by atoms with Crippen molar-refractivity contribution in [3.05, 3.63) is 33.9 Å². The molecule has 0 spiro atoms. The standard InChI is InChI=1S/C12H14N2O6S/c15-12(16)8-5-6-10(11(7-8)14(17)18)13-21(19,20)9-3-1-2-4-9/h5-7,9,13H,1-4H2,(H,15,16). The van der Waals surface area contributed by atoms with Crippen LogP contribution in [0, 0.1) is 10.1 Å². The molecule has 0 saturated heterocycles. The Balaban J connectivity index is 2.35. The van der Waals surface area contributed by atoms with Crippen LogP contribution in [0.25, 0.3) is 0 Å². The molecule has 0 aromatic heterocycles. The number of anilines is 1. The first-order valence-electron chi connectivity index (χ1n) is 6.34. The van der Waals surface area contributed by atoms with Crippen molar-refractivity contribution in [2.45, 2.75) is 30.9 Å². The van der Waals surface area contributed by atoms with Crippen LogP contribution in [0.2, 0.25) is 0 Å². The number of sulfonamides is 1. The Kier molecular flexibility index (Phi) is 4.12. The molecule has 1 fully saturated rings. The number of hydrogen-bond acceptors (Lipinski definition) is 5. The molecule has 21 heavy (non-hydrogen) atoms. The Hall–Kier alpha value is -2.16. The zero-order valence-corrected chi connectivity index (χ0v) is 11.8. The van der Waals surface area contributed by atoms with Crippen LogP contribution in [0.15, 0.2) is 18.2 Å². The van der Waals surface area contributed by atoms with Crippen molar-refractivity contribution in [3.63, 3.8) is 0 Å². The number of carboxylic acids is 1. The maximum Gasteiger partial charge on any atom is 0.335 e. The number of nitrogens with zero attached hydrogens (tertiary/aromatic N) is 1. The molecule has 0 aliphatic heterocycles. The zero-order valence-electron chi connectivity index (χ0n) is 11.0. The predicted octanol–water partition coefficient (Wildman–Crippen LogP) is 1.98. The molecule has 9 heteroatoms. The van der Waals surface area contributed by atoms with Crippen LogP contribution in [-0.2, 0) is 10.0 Å². The van der Waals surface area contributed by atoms with Gasteiger partial charge in [0.1, 0.15) is 5.69 Å². The summed E-state index contributed by atoms with van der Waals surface area (Å²) < 4.78 is 26.5. The second-order valence-electron chi connectivity index (χ2n) is 4.85. The minimum atomic E-state index is -3.70. The van der Waals surface area contributed by atoms with E-state index in [0.29, 0.717) is 12.8 Å². The smallest absolute Gasteiger partial charge is 0.335 e. The van der Waals surface area contributed by atoms with Gasteiger partial charge < -0.3 is 5.11 Å². The van der Waals surface area contributed by atoms with E-state index in [1.165, 1.54) is 0 Å². The highest BCUT2D eigenvalue weighted by atomic mass is 32.2. The number of carboxylic acid groups (broad SMARTS) is 1. The van der Waals surface area contributed by atoms with Gasteiger partial charge in [-0.2, -0.15) is 0 Å². The van der Waals surface area contributed by atoms with Crippen LogP contribution in [0.1, 0.15) is 36.0 Å². The SMILES string of the molecule is O=C(O)c1ccc(NS(=O)(=O)C2CCCC2)c([N+](=O)[O-])c1. The second kappa shape index (κ2) is 5.68. The van der Waals surface area contributed by atoms with Gasteiger partial charge in [-0.3, -0.25) is 14.8 Å². The molecular weight excluding hydrogens is 300 g/mol. The lowest BCUT2D eigenvalue weighted by Crippen LogP contribution is -2.25. The summed E-state index contributed by atoms with van der Waals surface area (Å²) in [4.78, 5) is 21.0. The van der Waals surface area contributed by atoms with E-state index in [1.54, 1.807) is 0 Å². The fraction of sp³-hybridized carbons (Fsp3) is 0.417. The van der Waals surface area contributed by atoms with Crippen molar-refractivity contribution in [1.82, 2.24) is 0 Å². The number of rotatable bonds is 5. The van der Waals surface area contributed by atoms with Gasteiger partial charge in [0.2, 0.25) is 10.0 Å². The molecule has 0 bridgehead atoms. The second-order valence-corrected chi connectivity index (χ2v) is 6.81. The summed E-state index contributed by atoms with van der Waals surface area (Å²) in [7, 11) is -3.70. The lowest BCUT2D eigenvalue weighted by atomic mass is 10.2. The van der Waals surface area contributed by atoms with Crippen LogP contribution in [-0.4, -0.2) is 29.7 Å². The topological polar surface area (TPSA) is 127 Å². The molecule has 1 aliphatic carbocycles. The number of aromatic carboxylic acids is 1. The summed E-state index contributed by atoms with van der Waals surface area (Å²) in [5, 5.41) is 19.2. The molecule has 2 rings (SSSR count). The van der Waals surface area contributed by atoms with Crippen LogP contribution < -0.4 is 4.72 Å². The van der Waals surface area contributed by atoms with E-state index in [2.05, 4.69) is 4.72 Å². The van der Waals surface area contributed by atoms with Gasteiger partial charge in [-0.05, 0) is 25.0 Å². The van der Waals surface area contributed by atoms with Gasteiger partial charge in [0, 0.05) is 6.07 Å². The van der Waals surface area contributed by atoms with Crippen molar-refractivity contribution in [3.8, 4) is 0 Å². The van der Waals surface area contributed by atoms with Crippen LogP contribution in [0.5, 0.6) is 0 Å². The summed E-state index contributed by atoms with van der Waals surface area (Å²) in [6.07, 6.45) is 2.67. The van der Waals surface area contributed by atoms with E-state index in [9.17, 15) is 23.3 Å². The molecule has 0 amide bonds. The first-order valence-corrected chi connectivity index (χ1v) is 7.89. The molecule has 0 radical (unpaired) electrons. The maximum absolute atomic E-state index is 12.1. The number of nitro groups is 1. The van der Waals surface area contributed by atoms with Crippen LogP contribution in [0.4, 0.5) is 11.4 Å². The highest BCUT2D eigenvalue weighted by molar-refractivity contribution is 7.93. The molecule has 1 aromatic rings. The molecule has 1 saturated carbocycles. The molecule has 1 aliphatic rings. The third kappa shape index (κ3) is 3.30. The van der Waals surface area contributed by atoms with Crippen molar-refractivity contribution >= 4 is 27.4 Å². The van der Waals surface area contributed by atoms with E-state index in [4.69, 9.17) is 5.11 Å². The van der Waals surface area contributed by atoms with Gasteiger partial charge in [0.05, 0.1) is 15.7 Å². The van der Waals surface area contributed by atoms with Gasteiger partial charge in [0.25, 0.3) is 5.69 Å². The number of benzene rings is 1. The van der Waals surface area contributed by atoms with Gasteiger partial charge in [-0.1, -0.05) is 12.8 Å². The molecule has 0 heterocycles. The van der Waals surface area contributed by atoms with Gasteiger partial charge >= 0.3 is 5.97 Å². The summed E-state index contributed by atoms with van der Waals surface area (Å²) in [6.45, 7) is 0. The highest BCUT2D eigenvalue weighted by Gasteiger charge is 2.30. The molecule has 8 nitrogen and oxygen atoms in total. The Morgan fingerprint density at radius 3 is 2.48 bits per heavy atom. The van der Waals surface area contributed by atoms with E-state index in [0.717, 1.165) is 31.0 Å². The first-order chi connectivity index (χ1) is 9.81. The van der Waals surface area contributed by atoms with Crippen molar-refractivity contribution in [2.75, 3.05) is 4.72 Å². The molecule has 0 unspecified atom stereocenters. The fourth-order valence-electron chi connectivity index (χ4n) is 2.34. The van der Waals surface area contributed by atoms with E-state index in [-0.39, 0.29) is 11.3 Å². The number of hydrogen-bond donors (Lipinski definition) is 2. The average Bonchev–Trinajstić information content (AvgIpc) is 2.92. The molecule has 1 aromatic carbocycles. The summed E-state index contributed by atoms with van der Waals surface area (Å²) in [5.74, 6) is -1.32. The normalized spacial score (nSPS) is 15.8. The van der Waals surface area contributed by atoms with E-state index >= 15 is 0 Å². The highest BCUT2D eigenvalue weighted by Crippen LogP contribution is 2.30. The lowest BCUT2D eigenvalue weighted by molar-refractivity contribution is -0.383. The number of carbonyl (C=O) groups is 1. The molecule has 2 N–H and O–H groups in total. The molecule has 114 valence electrons. The Labute approximate surface area is 121 Å². The summed E-state index contributed by atoms with van der Waals surface area (Å²) in [6, 6.07) is 3.07. The maximum atomic E-state index is 12.1.